The summed E-state index contributed by atoms with van der Waals surface area (Å²) in [7, 11) is 0. The van der Waals surface area contributed by atoms with Gasteiger partial charge in [-0.05, 0) is 64.4 Å². The van der Waals surface area contributed by atoms with Gasteiger partial charge in [0.2, 0.25) is 11.8 Å². The van der Waals surface area contributed by atoms with E-state index < -0.39 is 12.0 Å². The first-order valence-electron chi connectivity index (χ1n) is 16.9. The van der Waals surface area contributed by atoms with Crippen LogP contribution in [0.5, 0.6) is 5.75 Å². The number of aromatic hydroxyl groups is 1. The molecule has 8 heteroatoms. The number of rotatable bonds is 16. The van der Waals surface area contributed by atoms with Crippen molar-refractivity contribution in [2.24, 2.45) is 0 Å². The molecule has 5 rings (SSSR count). The Morgan fingerprint density at radius 3 is 1.88 bits per heavy atom. The summed E-state index contributed by atoms with van der Waals surface area (Å²) in [6.07, 6.45) is 0.190. The monoisotopic (exact) mass is 671 g/mol. The van der Waals surface area contributed by atoms with Crippen LogP contribution in [0.4, 0.5) is 0 Å². The van der Waals surface area contributed by atoms with Crippen LogP contribution in [-0.4, -0.2) is 39.7 Å². The molecule has 0 radical (unpaired) electrons. The molecular weight excluding hydrogens is 626 g/mol. The van der Waals surface area contributed by atoms with Gasteiger partial charge in [0, 0.05) is 31.2 Å². The Balaban J connectivity index is 1.06. The second-order valence-corrected chi connectivity index (χ2v) is 12.6. The van der Waals surface area contributed by atoms with Crippen LogP contribution >= 0.6 is 0 Å². The van der Waals surface area contributed by atoms with E-state index in [9.17, 15) is 24.9 Å². The van der Waals surface area contributed by atoms with Gasteiger partial charge in [0.05, 0.1) is 25.0 Å². The van der Waals surface area contributed by atoms with Gasteiger partial charge in [-0.3, -0.25) is 9.59 Å². The lowest BCUT2D eigenvalue weighted by molar-refractivity contribution is -0.122. The highest BCUT2D eigenvalue weighted by atomic mass is 16.3. The van der Waals surface area contributed by atoms with Crippen LogP contribution in [0.2, 0.25) is 0 Å². The molecule has 6 N–H and O–H groups in total. The summed E-state index contributed by atoms with van der Waals surface area (Å²) < 4.78 is 0. The molecular formula is C42H45N3O5. The third kappa shape index (κ3) is 10.4. The van der Waals surface area contributed by atoms with Crippen LogP contribution in [0.15, 0.2) is 127 Å². The van der Waals surface area contributed by atoms with E-state index in [2.05, 4.69) is 16.0 Å². The van der Waals surface area contributed by atoms with E-state index in [0.717, 1.165) is 33.4 Å². The van der Waals surface area contributed by atoms with Crippen LogP contribution in [-0.2, 0) is 42.1 Å². The molecule has 0 bridgehead atoms. The zero-order valence-corrected chi connectivity index (χ0v) is 28.3. The molecule has 5 aromatic carbocycles. The van der Waals surface area contributed by atoms with Crippen LogP contribution in [0, 0.1) is 0 Å². The highest BCUT2D eigenvalue weighted by Gasteiger charge is 2.22. The fourth-order valence-corrected chi connectivity index (χ4v) is 5.96. The predicted molar refractivity (Wildman–Crippen MR) is 195 cm³/mol. The number of hydrogen-bond donors (Lipinski definition) is 6. The average molecular weight is 672 g/mol. The van der Waals surface area contributed by atoms with Crippen molar-refractivity contribution in [3.05, 3.63) is 172 Å². The molecule has 0 saturated heterocycles. The molecule has 0 spiro atoms. The predicted octanol–water partition coefficient (Wildman–Crippen LogP) is 5.45. The van der Waals surface area contributed by atoms with E-state index in [1.54, 1.807) is 12.1 Å². The number of amides is 2. The first-order chi connectivity index (χ1) is 24.3. The molecule has 50 heavy (non-hydrogen) atoms. The van der Waals surface area contributed by atoms with Gasteiger partial charge >= 0.3 is 0 Å². The van der Waals surface area contributed by atoms with E-state index in [0.29, 0.717) is 37.2 Å². The van der Waals surface area contributed by atoms with E-state index >= 15 is 0 Å². The summed E-state index contributed by atoms with van der Waals surface area (Å²) in [4.78, 5) is 26.1. The third-order valence-electron chi connectivity index (χ3n) is 8.72. The average Bonchev–Trinajstić information content (AvgIpc) is 3.14. The van der Waals surface area contributed by atoms with Crippen molar-refractivity contribution < 1.29 is 24.9 Å². The second-order valence-electron chi connectivity index (χ2n) is 12.6. The Hall–Kier alpha value is -5.28. The van der Waals surface area contributed by atoms with Crippen molar-refractivity contribution in [3.63, 3.8) is 0 Å². The summed E-state index contributed by atoms with van der Waals surface area (Å²) in [5.41, 5.74) is 6.83. The van der Waals surface area contributed by atoms with Crippen molar-refractivity contribution in [2.75, 3.05) is 6.54 Å². The second kappa shape index (κ2) is 17.9. The molecule has 0 aromatic heterocycles. The van der Waals surface area contributed by atoms with Crippen molar-refractivity contribution in [1.29, 1.82) is 0 Å². The number of phenols is 1. The van der Waals surface area contributed by atoms with E-state index in [1.807, 2.05) is 116 Å². The summed E-state index contributed by atoms with van der Waals surface area (Å²) in [6, 6.07) is 40.2. The van der Waals surface area contributed by atoms with E-state index in [4.69, 9.17) is 0 Å². The summed E-state index contributed by atoms with van der Waals surface area (Å²) in [6.45, 7) is 2.85. The standard InChI is InChI=1S/C42H45N3O5/c1-29(43-27-39(48)36-19-20-38(47)37(24-36)28-46)21-32-9-8-10-33(22-32)23-40(49)44-25-30-15-17-31(18-16-30)26-45-42(50)41(34-11-4-2-5-12-34)35-13-6-3-7-14-35/h2-20,22,24,29,39,41,43,46-48H,21,23,25-28H2,1H3,(H,44,49)(H,45,50)/t29?,39-/m0/s1. The topological polar surface area (TPSA) is 131 Å². The molecule has 1 unspecified atom stereocenters. The lowest BCUT2D eigenvalue weighted by atomic mass is 9.90. The SMILES string of the molecule is CC(Cc1cccc(CC(=O)NCc2ccc(CNC(=O)C(c3ccccc3)c3ccccc3)cc2)c1)NC[C@H](O)c1ccc(O)c(CO)c1. The summed E-state index contributed by atoms with van der Waals surface area (Å²) in [5, 5.41) is 39.2. The number of nitrogens with one attached hydrogen (secondary N) is 3. The van der Waals surface area contributed by atoms with Gasteiger partial charge in [-0.15, -0.1) is 0 Å². The van der Waals surface area contributed by atoms with Gasteiger partial charge in [0.1, 0.15) is 5.75 Å². The number of benzene rings is 5. The van der Waals surface area contributed by atoms with Crippen LogP contribution in [0.25, 0.3) is 0 Å². The maximum atomic E-state index is 13.3. The van der Waals surface area contributed by atoms with Crippen LogP contribution < -0.4 is 16.0 Å². The van der Waals surface area contributed by atoms with Gasteiger partial charge in [-0.2, -0.15) is 0 Å². The third-order valence-corrected chi connectivity index (χ3v) is 8.72. The van der Waals surface area contributed by atoms with Gasteiger partial charge in [0.25, 0.3) is 0 Å². The Bertz CT molecular complexity index is 1790. The highest BCUT2D eigenvalue weighted by Crippen LogP contribution is 2.25. The zero-order chi connectivity index (χ0) is 35.3. The zero-order valence-electron chi connectivity index (χ0n) is 28.3. The van der Waals surface area contributed by atoms with Gasteiger partial charge < -0.3 is 31.3 Å². The van der Waals surface area contributed by atoms with Crippen molar-refractivity contribution >= 4 is 11.8 Å². The van der Waals surface area contributed by atoms with E-state index in [1.165, 1.54) is 6.07 Å². The van der Waals surface area contributed by atoms with Gasteiger partial charge in [-0.25, -0.2) is 0 Å². The minimum Gasteiger partial charge on any atom is -0.508 e. The van der Waals surface area contributed by atoms with Crippen molar-refractivity contribution in [1.82, 2.24) is 16.0 Å². The Labute approximate surface area is 293 Å². The molecule has 5 aromatic rings. The lowest BCUT2D eigenvalue weighted by Crippen LogP contribution is -2.32. The molecule has 0 aliphatic rings. The largest absolute Gasteiger partial charge is 0.508 e. The summed E-state index contributed by atoms with van der Waals surface area (Å²) >= 11 is 0. The Kier molecular flexibility index (Phi) is 12.9. The van der Waals surface area contributed by atoms with E-state index in [-0.39, 0.29) is 36.6 Å². The van der Waals surface area contributed by atoms with Crippen LogP contribution in [0.3, 0.4) is 0 Å². The molecule has 2 amide bonds. The molecule has 0 aliphatic carbocycles. The number of carbonyl (C=O) groups is 2. The van der Waals surface area contributed by atoms with Crippen molar-refractivity contribution in [2.45, 2.75) is 57.5 Å². The number of hydrogen-bond acceptors (Lipinski definition) is 6. The first-order valence-corrected chi connectivity index (χ1v) is 16.9. The number of aliphatic hydroxyl groups excluding tert-OH is 2. The smallest absolute Gasteiger partial charge is 0.232 e. The van der Waals surface area contributed by atoms with Crippen LogP contribution in [0.1, 0.15) is 63.5 Å². The fourth-order valence-electron chi connectivity index (χ4n) is 5.96. The lowest BCUT2D eigenvalue weighted by Gasteiger charge is -2.18. The minimum atomic E-state index is -0.784. The van der Waals surface area contributed by atoms with Crippen molar-refractivity contribution in [3.8, 4) is 5.75 Å². The molecule has 258 valence electrons. The molecule has 0 saturated carbocycles. The Morgan fingerprint density at radius 1 is 0.660 bits per heavy atom. The fraction of sp³-hybridized carbons (Fsp3) is 0.238. The molecule has 0 heterocycles. The van der Waals surface area contributed by atoms with Gasteiger partial charge in [0.15, 0.2) is 0 Å². The molecule has 8 nitrogen and oxygen atoms in total. The minimum absolute atomic E-state index is 0.00320. The maximum absolute atomic E-state index is 13.3. The number of carbonyl (C=O) groups excluding carboxylic acids is 2. The normalized spacial score (nSPS) is 12.3. The van der Waals surface area contributed by atoms with Gasteiger partial charge in [-0.1, -0.05) is 115 Å². The molecule has 0 fully saturated rings. The summed E-state index contributed by atoms with van der Waals surface area (Å²) in [5.74, 6) is -0.525. The highest BCUT2D eigenvalue weighted by molar-refractivity contribution is 5.87. The molecule has 0 aliphatic heterocycles. The number of aliphatic hydroxyl groups is 2. The maximum Gasteiger partial charge on any atom is 0.232 e. The first kappa shape index (κ1) is 36.0. The quantitative estimate of drug-likeness (QED) is 0.0828. The molecule has 2 atom stereocenters. The Morgan fingerprint density at radius 2 is 1.26 bits per heavy atom.